The average Bonchev–Trinajstić information content (AvgIpc) is 2.41. The lowest BCUT2D eigenvalue weighted by molar-refractivity contribution is -0.136. The second kappa shape index (κ2) is 4.98. The van der Waals surface area contributed by atoms with Crippen molar-refractivity contribution in [3.05, 3.63) is 44.6 Å². The highest BCUT2D eigenvalue weighted by atomic mass is 19.4. The number of fused-ring (bicyclic) bond motifs is 1. The van der Waals surface area contributed by atoms with Crippen LogP contribution in [0.5, 0.6) is 0 Å². The molecule has 1 N–H and O–H groups in total. The van der Waals surface area contributed by atoms with Crippen LogP contribution < -0.4 is 16.6 Å². The van der Waals surface area contributed by atoms with Crippen molar-refractivity contribution in [3.8, 4) is 0 Å². The molecule has 1 fully saturated rings. The standard InChI is InChI=1S/C14H14F3N3O2/c1-19-11-9(3-2-4-10(11)14(15,16)17)12(21)20(13(19)22)7-8-5-18-6-8/h2-4,8,18H,5-7H2,1H3. The molecule has 0 bridgehead atoms. The fourth-order valence-electron chi connectivity index (χ4n) is 2.71. The number of aromatic nitrogens is 2. The highest BCUT2D eigenvalue weighted by molar-refractivity contribution is 5.81. The van der Waals surface area contributed by atoms with E-state index in [-0.39, 0.29) is 23.4 Å². The molecule has 0 saturated carbocycles. The van der Waals surface area contributed by atoms with Crippen molar-refractivity contribution in [1.82, 2.24) is 14.5 Å². The Balaban J connectivity index is 2.31. The Morgan fingerprint density at radius 3 is 2.50 bits per heavy atom. The van der Waals surface area contributed by atoms with Crippen LogP contribution >= 0.6 is 0 Å². The van der Waals surface area contributed by atoms with E-state index in [1.807, 2.05) is 0 Å². The van der Waals surface area contributed by atoms with Crippen molar-refractivity contribution in [2.45, 2.75) is 12.7 Å². The fraction of sp³-hybridized carbons (Fsp3) is 0.429. The van der Waals surface area contributed by atoms with Crippen LogP contribution in [-0.4, -0.2) is 22.2 Å². The van der Waals surface area contributed by atoms with Crippen LogP contribution in [-0.2, 0) is 19.8 Å². The number of alkyl halides is 3. The Kier molecular flexibility index (Phi) is 3.36. The lowest BCUT2D eigenvalue weighted by Crippen LogP contribution is -2.49. The van der Waals surface area contributed by atoms with Crippen molar-refractivity contribution in [2.24, 2.45) is 13.0 Å². The molecule has 0 unspecified atom stereocenters. The number of hydrogen-bond acceptors (Lipinski definition) is 3. The average molecular weight is 313 g/mol. The number of hydrogen-bond donors (Lipinski definition) is 1. The van der Waals surface area contributed by atoms with Gasteiger partial charge in [0.2, 0.25) is 0 Å². The van der Waals surface area contributed by atoms with Crippen LogP contribution in [0.15, 0.2) is 27.8 Å². The number of nitrogens with zero attached hydrogens (tertiary/aromatic N) is 2. The van der Waals surface area contributed by atoms with Gasteiger partial charge in [0.15, 0.2) is 0 Å². The number of para-hydroxylation sites is 1. The smallest absolute Gasteiger partial charge is 0.316 e. The summed E-state index contributed by atoms with van der Waals surface area (Å²) >= 11 is 0. The number of nitrogens with one attached hydrogen (secondary N) is 1. The maximum Gasteiger partial charge on any atom is 0.418 e. The summed E-state index contributed by atoms with van der Waals surface area (Å²) in [7, 11) is 1.26. The number of aryl methyl sites for hydroxylation is 1. The zero-order chi connectivity index (χ0) is 16.1. The molecule has 0 spiro atoms. The zero-order valence-corrected chi connectivity index (χ0v) is 11.8. The Hall–Kier alpha value is -2.09. The van der Waals surface area contributed by atoms with Gasteiger partial charge in [0, 0.05) is 32.6 Å². The molecule has 3 rings (SSSR count). The van der Waals surface area contributed by atoms with E-state index in [1.165, 1.54) is 19.2 Å². The number of rotatable bonds is 2. The molecule has 0 aliphatic carbocycles. The van der Waals surface area contributed by atoms with Gasteiger partial charge in [0.1, 0.15) is 0 Å². The van der Waals surface area contributed by atoms with Crippen molar-refractivity contribution < 1.29 is 13.2 Å². The molecule has 0 atom stereocenters. The first-order valence-electron chi connectivity index (χ1n) is 6.81. The van der Waals surface area contributed by atoms with Gasteiger partial charge < -0.3 is 5.32 Å². The molecule has 1 aliphatic heterocycles. The van der Waals surface area contributed by atoms with Gasteiger partial charge >= 0.3 is 11.9 Å². The molecule has 5 nitrogen and oxygen atoms in total. The minimum Gasteiger partial charge on any atom is -0.316 e. The van der Waals surface area contributed by atoms with Crippen LogP contribution in [0.1, 0.15) is 5.56 Å². The fourth-order valence-corrected chi connectivity index (χ4v) is 2.71. The SMILES string of the molecule is Cn1c(=O)n(CC2CNC2)c(=O)c2cccc(C(F)(F)F)c21. The van der Waals surface area contributed by atoms with Crippen molar-refractivity contribution in [2.75, 3.05) is 13.1 Å². The third kappa shape index (κ3) is 2.23. The highest BCUT2D eigenvalue weighted by Gasteiger charge is 2.34. The molecule has 22 heavy (non-hydrogen) atoms. The minimum absolute atomic E-state index is 0.0933. The third-order valence-electron chi connectivity index (χ3n) is 3.98. The van der Waals surface area contributed by atoms with Crippen LogP contribution in [0.2, 0.25) is 0 Å². The van der Waals surface area contributed by atoms with Gasteiger partial charge in [-0.2, -0.15) is 13.2 Å². The summed E-state index contributed by atoms with van der Waals surface area (Å²) in [5.74, 6) is 0.147. The summed E-state index contributed by atoms with van der Waals surface area (Å²) in [6, 6.07) is 3.38. The maximum absolute atomic E-state index is 13.1. The van der Waals surface area contributed by atoms with E-state index in [0.29, 0.717) is 13.1 Å². The van der Waals surface area contributed by atoms with Gasteiger partial charge in [-0.25, -0.2) is 4.79 Å². The molecule has 2 heterocycles. The van der Waals surface area contributed by atoms with Crippen molar-refractivity contribution >= 4 is 10.9 Å². The normalized spacial score (nSPS) is 16.0. The Bertz CT molecular complexity index is 847. The lowest BCUT2D eigenvalue weighted by atomic mass is 10.0. The topological polar surface area (TPSA) is 56.0 Å². The Labute approximate surface area is 123 Å². The van der Waals surface area contributed by atoms with Gasteiger partial charge in [0.25, 0.3) is 5.56 Å². The van der Waals surface area contributed by atoms with Crippen LogP contribution in [0.4, 0.5) is 13.2 Å². The molecular formula is C14H14F3N3O2. The quantitative estimate of drug-likeness (QED) is 0.898. The first kappa shape index (κ1) is 14.8. The van der Waals surface area contributed by atoms with E-state index >= 15 is 0 Å². The molecule has 1 aromatic carbocycles. The third-order valence-corrected chi connectivity index (χ3v) is 3.98. The highest BCUT2D eigenvalue weighted by Crippen LogP contribution is 2.33. The van der Waals surface area contributed by atoms with Crippen molar-refractivity contribution in [3.63, 3.8) is 0 Å². The van der Waals surface area contributed by atoms with Gasteiger partial charge in [-0.05, 0) is 12.1 Å². The zero-order valence-electron chi connectivity index (χ0n) is 11.8. The second-order valence-corrected chi connectivity index (χ2v) is 5.48. The first-order chi connectivity index (χ1) is 10.3. The van der Waals surface area contributed by atoms with E-state index in [0.717, 1.165) is 15.2 Å². The predicted molar refractivity (Wildman–Crippen MR) is 74.8 cm³/mol. The largest absolute Gasteiger partial charge is 0.418 e. The summed E-state index contributed by atoms with van der Waals surface area (Å²) in [6.07, 6.45) is -4.62. The lowest BCUT2D eigenvalue weighted by Gasteiger charge is -2.27. The first-order valence-corrected chi connectivity index (χ1v) is 6.81. The van der Waals surface area contributed by atoms with E-state index in [9.17, 15) is 22.8 Å². The van der Waals surface area contributed by atoms with Gasteiger partial charge in [-0.15, -0.1) is 0 Å². The molecule has 0 amide bonds. The van der Waals surface area contributed by atoms with Gasteiger partial charge in [-0.3, -0.25) is 13.9 Å². The second-order valence-electron chi connectivity index (χ2n) is 5.48. The number of halogens is 3. The molecule has 118 valence electrons. The van der Waals surface area contributed by atoms with E-state index < -0.39 is 23.0 Å². The van der Waals surface area contributed by atoms with E-state index in [4.69, 9.17) is 0 Å². The summed E-state index contributed by atoms with van der Waals surface area (Å²) in [5.41, 5.74) is -2.73. The van der Waals surface area contributed by atoms with E-state index in [1.54, 1.807) is 0 Å². The van der Waals surface area contributed by atoms with Crippen LogP contribution in [0.25, 0.3) is 10.9 Å². The van der Waals surface area contributed by atoms with E-state index in [2.05, 4.69) is 5.32 Å². The summed E-state index contributed by atoms with van der Waals surface area (Å²) in [4.78, 5) is 24.7. The Morgan fingerprint density at radius 2 is 1.95 bits per heavy atom. The monoisotopic (exact) mass is 313 g/mol. The summed E-state index contributed by atoms with van der Waals surface area (Å²) in [5, 5.41) is 2.93. The molecule has 1 saturated heterocycles. The van der Waals surface area contributed by atoms with Crippen LogP contribution in [0, 0.1) is 5.92 Å². The molecule has 1 aromatic heterocycles. The number of benzene rings is 1. The molecule has 2 aromatic rings. The molecular weight excluding hydrogens is 299 g/mol. The molecule has 8 heteroatoms. The minimum atomic E-state index is -4.62. The van der Waals surface area contributed by atoms with Gasteiger partial charge in [-0.1, -0.05) is 6.07 Å². The van der Waals surface area contributed by atoms with Crippen molar-refractivity contribution in [1.29, 1.82) is 0 Å². The Morgan fingerprint density at radius 1 is 1.27 bits per heavy atom. The summed E-state index contributed by atoms with van der Waals surface area (Å²) in [6.45, 7) is 1.59. The molecule has 0 radical (unpaired) electrons. The van der Waals surface area contributed by atoms with Gasteiger partial charge in [0.05, 0.1) is 16.5 Å². The predicted octanol–water partition coefficient (Wildman–Crippen LogP) is 0.938. The maximum atomic E-state index is 13.1. The van der Waals surface area contributed by atoms with Crippen LogP contribution in [0.3, 0.4) is 0 Å². The molecule has 1 aliphatic rings. The summed E-state index contributed by atoms with van der Waals surface area (Å²) < 4.78 is 41.2.